The van der Waals surface area contributed by atoms with E-state index in [1.807, 2.05) is 0 Å². The van der Waals surface area contributed by atoms with Gasteiger partial charge in [0.15, 0.2) is 12.3 Å². The molecule has 0 radical (unpaired) electrons. The Balaban J connectivity index is 1.29. The normalized spacial score (nSPS) is 26.1. The van der Waals surface area contributed by atoms with Gasteiger partial charge in [0.2, 0.25) is 0 Å². The van der Waals surface area contributed by atoms with Crippen LogP contribution in [0.5, 0.6) is 0 Å². The van der Waals surface area contributed by atoms with Crippen molar-refractivity contribution in [3.8, 4) is 0 Å². The van der Waals surface area contributed by atoms with Crippen LogP contribution in [0.3, 0.4) is 0 Å². The number of halogens is 2. The largest absolute Gasteiger partial charge is 0.460 e. The summed E-state index contributed by atoms with van der Waals surface area (Å²) in [6.07, 6.45) is 9.00. The molecule has 3 rings (SSSR count). The summed E-state index contributed by atoms with van der Waals surface area (Å²) in [6.45, 7) is 3.31. The van der Waals surface area contributed by atoms with E-state index < -0.39 is 24.3 Å². The second-order valence-electron chi connectivity index (χ2n) is 10.8. The molecule has 0 saturated heterocycles. The molecule has 2 fully saturated rings. The number of esters is 2. The molecule has 2 atom stereocenters. The lowest BCUT2D eigenvalue weighted by Crippen LogP contribution is -2.28. The van der Waals surface area contributed by atoms with Crippen LogP contribution in [0.2, 0.25) is 0 Å². The Morgan fingerprint density at radius 2 is 1.03 bits per heavy atom. The van der Waals surface area contributed by atoms with Crippen LogP contribution < -0.4 is 0 Å². The van der Waals surface area contributed by atoms with Crippen LogP contribution >= 0.6 is 0 Å². The second-order valence-corrected chi connectivity index (χ2v) is 10.8. The minimum atomic E-state index is -1.49. The first kappa shape index (κ1) is 28.6. The Hall–Kier alpha value is -1.98. The number of carbonyl (C=O) groups excluding carboxylic acids is 2. The monoisotopic (exact) mass is 506 g/mol. The number of aryl methyl sites for hydroxylation is 2. The summed E-state index contributed by atoms with van der Waals surface area (Å²) in [5.41, 5.74) is 2.71. The van der Waals surface area contributed by atoms with E-state index in [0.717, 1.165) is 77.0 Å². The fourth-order valence-electron chi connectivity index (χ4n) is 5.50. The Morgan fingerprint density at radius 3 is 1.33 bits per heavy atom. The van der Waals surface area contributed by atoms with Gasteiger partial charge in [0.1, 0.15) is 12.2 Å². The van der Waals surface area contributed by atoms with E-state index in [4.69, 9.17) is 9.47 Å². The quantitative estimate of drug-likeness (QED) is 0.280. The van der Waals surface area contributed by atoms with Crippen LogP contribution in [0.15, 0.2) is 24.3 Å². The maximum atomic E-state index is 13.4. The summed E-state index contributed by atoms with van der Waals surface area (Å²) in [6, 6.07) is 8.97. The third-order valence-corrected chi connectivity index (χ3v) is 8.09. The Morgan fingerprint density at radius 1 is 0.694 bits per heavy atom. The van der Waals surface area contributed by atoms with E-state index in [-0.39, 0.29) is 25.0 Å². The first-order valence-corrected chi connectivity index (χ1v) is 14.1. The molecule has 202 valence electrons. The van der Waals surface area contributed by atoms with Crippen LogP contribution in [0.25, 0.3) is 0 Å². The van der Waals surface area contributed by atoms with Crippen LogP contribution in [0.4, 0.5) is 8.78 Å². The van der Waals surface area contributed by atoms with Gasteiger partial charge in [-0.2, -0.15) is 0 Å². The van der Waals surface area contributed by atoms with Crippen LogP contribution in [0.1, 0.15) is 102 Å². The highest BCUT2D eigenvalue weighted by Gasteiger charge is 2.27. The highest BCUT2D eigenvalue weighted by molar-refractivity contribution is 5.74. The van der Waals surface area contributed by atoms with Gasteiger partial charge >= 0.3 is 11.9 Å². The minimum absolute atomic E-state index is 0.119. The summed E-state index contributed by atoms with van der Waals surface area (Å²) in [4.78, 5) is 23.3. The van der Waals surface area contributed by atoms with Crippen LogP contribution in [-0.2, 0) is 31.9 Å². The fourth-order valence-corrected chi connectivity index (χ4v) is 5.50. The van der Waals surface area contributed by atoms with E-state index in [2.05, 4.69) is 24.3 Å². The third-order valence-electron chi connectivity index (χ3n) is 8.09. The number of rotatable bonds is 12. The molecule has 2 unspecified atom stereocenters. The first-order valence-electron chi connectivity index (χ1n) is 14.1. The van der Waals surface area contributed by atoms with Crippen molar-refractivity contribution in [2.24, 2.45) is 11.8 Å². The van der Waals surface area contributed by atoms with Gasteiger partial charge in [-0.1, -0.05) is 38.1 Å². The number of hydrogen-bond donors (Lipinski definition) is 0. The highest BCUT2D eigenvalue weighted by atomic mass is 19.1. The topological polar surface area (TPSA) is 52.6 Å². The molecule has 0 aliphatic heterocycles. The molecule has 4 nitrogen and oxygen atoms in total. The van der Waals surface area contributed by atoms with Crippen molar-refractivity contribution in [3.63, 3.8) is 0 Å². The smallest absolute Gasteiger partial charge is 0.340 e. The Bertz CT molecular complexity index is 729. The van der Waals surface area contributed by atoms with Gasteiger partial charge in [-0.25, -0.2) is 18.4 Å². The number of alkyl halides is 2. The maximum absolute atomic E-state index is 13.4. The van der Waals surface area contributed by atoms with Gasteiger partial charge < -0.3 is 9.47 Å². The number of benzene rings is 1. The van der Waals surface area contributed by atoms with Gasteiger partial charge in [-0.3, -0.25) is 0 Å². The number of hydrogen-bond acceptors (Lipinski definition) is 4. The molecular weight excluding hydrogens is 462 g/mol. The molecule has 1 aromatic carbocycles. The standard InChI is InChI=1S/C30H44F2O4/c1-3-27(31)29(33)35-25-17-13-23(14-18-25)11-9-21-5-7-22(8-6-21)10-12-24-15-19-26(20-16-24)36-30(34)28(32)4-2/h5-8,23-28H,3-4,9-20H2,1-2H3. The predicted octanol–water partition coefficient (Wildman–Crippen LogP) is 7.25. The number of ether oxygens (including phenoxy) is 2. The van der Waals surface area contributed by atoms with Crippen LogP contribution in [-0.4, -0.2) is 36.5 Å². The molecule has 0 heterocycles. The molecule has 6 heteroatoms. The second kappa shape index (κ2) is 14.7. The highest BCUT2D eigenvalue weighted by Crippen LogP contribution is 2.31. The lowest BCUT2D eigenvalue weighted by molar-refractivity contribution is -0.158. The third kappa shape index (κ3) is 9.15. The van der Waals surface area contributed by atoms with Crippen molar-refractivity contribution < 1.29 is 27.8 Å². The summed E-state index contributed by atoms with van der Waals surface area (Å²) < 4.78 is 37.5. The van der Waals surface area contributed by atoms with Crippen molar-refractivity contribution in [2.75, 3.05) is 0 Å². The average Bonchev–Trinajstić information content (AvgIpc) is 2.91. The van der Waals surface area contributed by atoms with E-state index in [1.165, 1.54) is 11.1 Å². The number of carbonyl (C=O) groups is 2. The summed E-state index contributed by atoms with van der Waals surface area (Å²) >= 11 is 0. The van der Waals surface area contributed by atoms with Crippen molar-refractivity contribution >= 4 is 11.9 Å². The zero-order valence-corrected chi connectivity index (χ0v) is 22.1. The lowest BCUT2D eigenvalue weighted by Gasteiger charge is -2.29. The molecule has 0 bridgehead atoms. The van der Waals surface area contributed by atoms with Gasteiger partial charge in [0.05, 0.1) is 0 Å². The molecule has 0 spiro atoms. The Kier molecular flexibility index (Phi) is 11.7. The van der Waals surface area contributed by atoms with Gasteiger partial charge in [-0.05, 0) is 113 Å². The summed E-state index contributed by atoms with van der Waals surface area (Å²) in [5.74, 6) is -0.117. The minimum Gasteiger partial charge on any atom is -0.460 e. The SMILES string of the molecule is CCC(F)C(=O)OC1CCC(CCc2ccc(CCC3CCC(OC(=O)C(F)CC)CC3)cc2)CC1. The van der Waals surface area contributed by atoms with Crippen LogP contribution in [0, 0.1) is 11.8 Å². The van der Waals surface area contributed by atoms with Gasteiger partial charge in [0, 0.05) is 0 Å². The zero-order chi connectivity index (χ0) is 25.9. The molecule has 36 heavy (non-hydrogen) atoms. The molecule has 0 amide bonds. The van der Waals surface area contributed by atoms with Crippen molar-refractivity contribution in [1.82, 2.24) is 0 Å². The van der Waals surface area contributed by atoms with Crippen molar-refractivity contribution in [1.29, 1.82) is 0 Å². The molecule has 1 aromatic rings. The molecular formula is C30H44F2O4. The molecule has 2 saturated carbocycles. The van der Waals surface area contributed by atoms with Gasteiger partial charge in [0.25, 0.3) is 0 Å². The molecule has 0 aromatic heterocycles. The molecule has 0 N–H and O–H groups in total. The van der Waals surface area contributed by atoms with Crippen molar-refractivity contribution in [2.45, 2.75) is 128 Å². The molecule has 2 aliphatic rings. The van der Waals surface area contributed by atoms with Crippen molar-refractivity contribution in [3.05, 3.63) is 35.4 Å². The summed E-state index contributed by atoms with van der Waals surface area (Å²) in [5, 5.41) is 0. The average molecular weight is 507 g/mol. The predicted molar refractivity (Wildman–Crippen MR) is 137 cm³/mol. The lowest BCUT2D eigenvalue weighted by atomic mass is 9.83. The zero-order valence-electron chi connectivity index (χ0n) is 22.1. The summed E-state index contributed by atoms with van der Waals surface area (Å²) in [7, 11) is 0. The van der Waals surface area contributed by atoms with E-state index in [1.54, 1.807) is 13.8 Å². The van der Waals surface area contributed by atoms with E-state index >= 15 is 0 Å². The fraction of sp³-hybridized carbons (Fsp3) is 0.733. The van der Waals surface area contributed by atoms with E-state index in [0.29, 0.717) is 11.8 Å². The van der Waals surface area contributed by atoms with Gasteiger partial charge in [-0.15, -0.1) is 0 Å². The Labute approximate surface area is 215 Å². The molecule has 2 aliphatic carbocycles. The van der Waals surface area contributed by atoms with E-state index in [9.17, 15) is 18.4 Å². The maximum Gasteiger partial charge on any atom is 0.340 e. The first-order chi connectivity index (χ1) is 17.4.